The number of carbonyl (C=O) groups is 3. The van der Waals surface area contributed by atoms with Crippen molar-refractivity contribution in [3.05, 3.63) is 93.0 Å². The number of esters is 1. The molecule has 0 saturated carbocycles. The molecular formula is C45H59Cl2F2N3O9. The minimum atomic E-state index is -1.40. The molecule has 5 atom stereocenters. The minimum Gasteiger partial charge on any atom is -0.495 e. The lowest BCUT2D eigenvalue weighted by Gasteiger charge is -2.43. The molecule has 0 radical (unpaired) electrons. The Hall–Kier alpha value is -4.05. The van der Waals surface area contributed by atoms with Crippen LogP contribution in [0.4, 0.5) is 19.3 Å². The predicted molar refractivity (Wildman–Crippen MR) is 230 cm³/mol. The predicted octanol–water partition coefficient (Wildman–Crippen LogP) is 9.55. The van der Waals surface area contributed by atoms with Gasteiger partial charge in [-0.15, -0.1) is 0 Å². The van der Waals surface area contributed by atoms with Gasteiger partial charge in [0.15, 0.2) is 0 Å². The van der Waals surface area contributed by atoms with Gasteiger partial charge >= 0.3 is 12.1 Å². The summed E-state index contributed by atoms with van der Waals surface area (Å²) >= 11 is 12.5. The van der Waals surface area contributed by atoms with Gasteiger partial charge in [-0.25, -0.2) is 18.4 Å². The van der Waals surface area contributed by atoms with Crippen molar-refractivity contribution in [2.45, 2.75) is 116 Å². The Bertz CT molecular complexity index is 2030. The maximum atomic E-state index is 16.2. The molecule has 1 saturated heterocycles. The molecule has 3 N–H and O–H groups in total. The second kappa shape index (κ2) is 20.4. The molecule has 3 aromatic carbocycles. The summed E-state index contributed by atoms with van der Waals surface area (Å²) in [5, 5.41) is 9.60. The van der Waals surface area contributed by atoms with E-state index in [-0.39, 0.29) is 55.8 Å². The maximum Gasteiger partial charge on any atom is 0.511 e. The summed E-state index contributed by atoms with van der Waals surface area (Å²) in [7, 11) is 4.63. The highest BCUT2D eigenvalue weighted by molar-refractivity contribution is 6.31. The van der Waals surface area contributed by atoms with Gasteiger partial charge in [0.2, 0.25) is 12.2 Å². The van der Waals surface area contributed by atoms with E-state index in [1.54, 1.807) is 32.4 Å². The van der Waals surface area contributed by atoms with Gasteiger partial charge < -0.3 is 44.4 Å². The number of ether oxygens (including phenoxy) is 6. The molecule has 336 valence electrons. The zero-order valence-electron chi connectivity index (χ0n) is 36.7. The van der Waals surface area contributed by atoms with E-state index in [0.29, 0.717) is 25.9 Å². The van der Waals surface area contributed by atoms with Crippen LogP contribution in [-0.2, 0) is 34.0 Å². The molecule has 1 aliphatic heterocycles. The second-order valence-electron chi connectivity index (χ2n) is 17.5. The van der Waals surface area contributed by atoms with Crippen LogP contribution in [0.25, 0.3) is 0 Å². The summed E-state index contributed by atoms with van der Waals surface area (Å²) in [6.45, 7) is 15.5. The molecule has 0 bridgehead atoms. The average Bonchev–Trinajstić information content (AvgIpc) is 3.48. The summed E-state index contributed by atoms with van der Waals surface area (Å²) < 4.78 is 64.9. The third-order valence-electron chi connectivity index (χ3n) is 10.9. The third kappa shape index (κ3) is 12.5. The number of carbonyl (C=O) groups excluding carboxylic acids is 3. The summed E-state index contributed by atoms with van der Waals surface area (Å²) in [6.07, 6.45) is -0.856. The van der Waals surface area contributed by atoms with E-state index in [1.165, 1.54) is 50.4 Å². The Labute approximate surface area is 367 Å². The first-order valence-electron chi connectivity index (χ1n) is 20.0. The Kier molecular flexibility index (Phi) is 16.6. The molecule has 16 heteroatoms. The first kappa shape index (κ1) is 49.6. The molecule has 12 nitrogen and oxygen atoms in total. The number of hydrogen-bond donors (Lipinski definition) is 3. The first-order chi connectivity index (χ1) is 28.5. The number of amides is 1. The van der Waals surface area contributed by atoms with Gasteiger partial charge in [0.05, 0.1) is 59.4 Å². The molecule has 1 fully saturated rings. The van der Waals surface area contributed by atoms with Gasteiger partial charge in [-0.05, 0) is 95.0 Å². The number of likely N-dealkylation sites (N-methyl/N-ethyl adjacent to an activating group) is 1. The number of halogens is 4. The van der Waals surface area contributed by atoms with E-state index in [9.17, 15) is 14.4 Å². The molecule has 0 aliphatic carbocycles. The van der Waals surface area contributed by atoms with Crippen molar-refractivity contribution in [1.82, 2.24) is 10.6 Å². The van der Waals surface area contributed by atoms with Gasteiger partial charge in [-0.3, -0.25) is 4.79 Å². The fourth-order valence-corrected chi connectivity index (χ4v) is 7.83. The summed E-state index contributed by atoms with van der Waals surface area (Å²) in [5.74, 6) is -3.82. The SMILES string of the molecule is CNC1(c2ccc(Cl)cc2F)C(CC(C)(C)C)NC(C(=O)Nc2ccc(C(=O)OC(C)OC(=O)OCCC(C)(C)OCCC(C)(C)OC)cc2OC)C1c1cccc(Cl)c1F. The summed E-state index contributed by atoms with van der Waals surface area (Å²) in [4.78, 5) is 40.1. The Morgan fingerprint density at radius 3 is 2.21 bits per heavy atom. The number of nitrogens with one attached hydrogen (secondary N) is 3. The highest BCUT2D eigenvalue weighted by Crippen LogP contribution is 2.51. The van der Waals surface area contributed by atoms with Crippen LogP contribution in [0.2, 0.25) is 10.0 Å². The van der Waals surface area contributed by atoms with Gasteiger partial charge in [0.25, 0.3) is 0 Å². The quantitative estimate of drug-likeness (QED) is 0.0830. The molecule has 1 amide bonds. The second-order valence-corrected chi connectivity index (χ2v) is 18.3. The van der Waals surface area contributed by atoms with Gasteiger partial charge in [-0.1, -0.05) is 62.2 Å². The van der Waals surface area contributed by atoms with Crippen molar-refractivity contribution in [3.63, 3.8) is 0 Å². The van der Waals surface area contributed by atoms with Crippen LogP contribution in [0.15, 0.2) is 54.6 Å². The maximum absolute atomic E-state index is 16.2. The van der Waals surface area contributed by atoms with Crippen LogP contribution in [0.5, 0.6) is 5.75 Å². The van der Waals surface area contributed by atoms with E-state index in [2.05, 4.69) is 16.0 Å². The Morgan fingerprint density at radius 2 is 1.59 bits per heavy atom. The Morgan fingerprint density at radius 1 is 0.902 bits per heavy atom. The van der Waals surface area contributed by atoms with Crippen molar-refractivity contribution < 1.29 is 51.6 Å². The normalized spacial score (nSPS) is 19.9. The standard InChI is InChI=1S/C45H59Cl2F2N3O9/c1-26(61-41(55)58-21-19-44(7,8)59-22-20-43(5,6)57-11)60-40(54)27-15-18-33(34(23-27)56-10)51-39(53)38-36(29-13-12-14-31(47)37(29)49)45(50-9,35(52-38)25-42(2,3)4)30-17-16-28(46)24-32(30)48/h12-18,23-24,26,35-36,38,50,52H,19-22,25H2,1-11H3,(H,51,53). The Balaban J connectivity index is 1.52. The van der Waals surface area contributed by atoms with Crippen LogP contribution < -0.4 is 20.7 Å². The van der Waals surface area contributed by atoms with Crippen LogP contribution in [0.3, 0.4) is 0 Å². The monoisotopic (exact) mass is 893 g/mol. The highest BCUT2D eigenvalue weighted by Gasteiger charge is 2.60. The lowest BCUT2D eigenvalue weighted by Crippen LogP contribution is -2.54. The number of hydrogen-bond acceptors (Lipinski definition) is 11. The zero-order chi connectivity index (χ0) is 45.5. The molecule has 0 spiro atoms. The number of rotatable bonds is 18. The zero-order valence-corrected chi connectivity index (χ0v) is 38.2. The molecule has 0 aromatic heterocycles. The molecule has 3 aromatic rings. The van der Waals surface area contributed by atoms with Crippen LogP contribution in [0.1, 0.15) is 102 Å². The lowest BCUT2D eigenvalue weighted by atomic mass is 9.67. The van der Waals surface area contributed by atoms with Crippen molar-refractivity contribution in [2.24, 2.45) is 5.41 Å². The van der Waals surface area contributed by atoms with Crippen LogP contribution in [-0.4, -0.2) is 82.1 Å². The summed E-state index contributed by atoms with van der Waals surface area (Å²) in [5.41, 5.74) is -2.19. The van der Waals surface area contributed by atoms with Crippen molar-refractivity contribution >= 4 is 46.9 Å². The summed E-state index contributed by atoms with van der Waals surface area (Å²) in [6, 6.07) is 11.2. The molecule has 4 rings (SSSR count). The fourth-order valence-electron chi connectivity index (χ4n) is 7.49. The van der Waals surface area contributed by atoms with E-state index < -0.39 is 65.1 Å². The topological polar surface area (TPSA) is 143 Å². The number of benzene rings is 3. The number of anilines is 1. The lowest BCUT2D eigenvalue weighted by molar-refractivity contribution is -0.118. The van der Waals surface area contributed by atoms with Gasteiger partial charge in [0.1, 0.15) is 17.4 Å². The number of methoxy groups -OCH3 is 2. The largest absolute Gasteiger partial charge is 0.511 e. The molecule has 1 aliphatic rings. The van der Waals surface area contributed by atoms with Crippen molar-refractivity contribution in [1.29, 1.82) is 0 Å². The van der Waals surface area contributed by atoms with Crippen molar-refractivity contribution in [3.8, 4) is 5.75 Å². The average molecular weight is 895 g/mol. The van der Waals surface area contributed by atoms with E-state index in [1.807, 2.05) is 48.5 Å². The first-order valence-corrected chi connectivity index (χ1v) is 20.8. The van der Waals surface area contributed by atoms with Crippen molar-refractivity contribution in [2.75, 3.05) is 39.8 Å². The van der Waals surface area contributed by atoms with Crippen LogP contribution >= 0.6 is 23.2 Å². The highest BCUT2D eigenvalue weighted by atomic mass is 35.5. The van der Waals surface area contributed by atoms with Gasteiger partial charge in [-0.2, -0.15) is 0 Å². The molecule has 61 heavy (non-hydrogen) atoms. The fraction of sp³-hybridized carbons (Fsp3) is 0.533. The third-order valence-corrected chi connectivity index (χ3v) is 11.4. The minimum absolute atomic E-state index is 0.000904. The molecule has 1 heterocycles. The molecule has 5 unspecified atom stereocenters. The van der Waals surface area contributed by atoms with E-state index in [0.717, 1.165) is 0 Å². The molecular weight excluding hydrogens is 835 g/mol. The van der Waals surface area contributed by atoms with E-state index in [4.69, 9.17) is 51.6 Å². The van der Waals surface area contributed by atoms with Crippen LogP contribution in [0, 0.1) is 17.0 Å². The van der Waals surface area contributed by atoms with Gasteiger partial charge in [0, 0.05) is 43.0 Å². The smallest absolute Gasteiger partial charge is 0.495 e. The van der Waals surface area contributed by atoms with E-state index >= 15 is 8.78 Å².